The monoisotopic (exact) mass is 195 g/mol. The third-order valence-electron chi connectivity index (χ3n) is 3.15. The number of likely N-dealkylation sites (tertiary alicyclic amines) is 1. The van der Waals surface area contributed by atoms with Gasteiger partial charge in [0.25, 0.3) is 0 Å². The van der Waals surface area contributed by atoms with Gasteiger partial charge in [-0.3, -0.25) is 5.32 Å². The Morgan fingerprint density at radius 2 is 2.43 bits per heavy atom. The van der Waals surface area contributed by atoms with Gasteiger partial charge >= 0.3 is 0 Å². The lowest BCUT2D eigenvalue weighted by atomic mass is 9.95. The van der Waals surface area contributed by atoms with Gasteiger partial charge in [0.05, 0.1) is 6.04 Å². The summed E-state index contributed by atoms with van der Waals surface area (Å²) in [6.45, 7) is 5.85. The van der Waals surface area contributed by atoms with Gasteiger partial charge in [-0.1, -0.05) is 5.92 Å². The van der Waals surface area contributed by atoms with Crippen molar-refractivity contribution in [3.8, 4) is 12.3 Å². The maximum atomic E-state index is 5.84. The molecule has 1 fully saturated rings. The highest BCUT2D eigenvalue weighted by Crippen LogP contribution is 2.25. The summed E-state index contributed by atoms with van der Waals surface area (Å²) in [5, 5.41) is 3.45. The number of likely N-dealkylation sites (N-methyl/N-ethyl adjacent to an activating group) is 1. The van der Waals surface area contributed by atoms with Crippen molar-refractivity contribution < 1.29 is 0 Å². The number of rotatable bonds is 3. The van der Waals surface area contributed by atoms with Gasteiger partial charge < -0.3 is 10.6 Å². The van der Waals surface area contributed by atoms with E-state index in [0.717, 1.165) is 13.0 Å². The van der Waals surface area contributed by atoms with Crippen LogP contribution < -0.4 is 11.1 Å². The third kappa shape index (κ3) is 2.27. The second-order valence-corrected chi connectivity index (χ2v) is 4.49. The molecule has 3 atom stereocenters. The first-order chi connectivity index (χ1) is 6.53. The predicted octanol–water partition coefficient (Wildman–Crippen LogP) is 0.0192. The smallest absolute Gasteiger partial charge is 0.0663 e. The van der Waals surface area contributed by atoms with Crippen LogP contribution in [0.3, 0.4) is 0 Å². The topological polar surface area (TPSA) is 41.3 Å². The molecule has 3 heteroatoms. The van der Waals surface area contributed by atoms with Crippen molar-refractivity contribution in [2.45, 2.75) is 37.9 Å². The average molecular weight is 195 g/mol. The Labute approximate surface area is 87.0 Å². The summed E-state index contributed by atoms with van der Waals surface area (Å²) >= 11 is 0. The first kappa shape index (κ1) is 11.5. The van der Waals surface area contributed by atoms with Crippen molar-refractivity contribution in [3.63, 3.8) is 0 Å². The molecule has 80 valence electrons. The van der Waals surface area contributed by atoms with E-state index in [1.807, 2.05) is 6.92 Å². The molecule has 3 N–H and O–H groups in total. The van der Waals surface area contributed by atoms with Gasteiger partial charge in [0.2, 0.25) is 0 Å². The van der Waals surface area contributed by atoms with Crippen LogP contribution in [0.25, 0.3) is 0 Å². The van der Waals surface area contributed by atoms with Crippen molar-refractivity contribution >= 4 is 0 Å². The van der Waals surface area contributed by atoms with Crippen molar-refractivity contribution in [2.75, 3.05) is 20.1 Å². The molecule has 1 heterocycles. The van der Waals surface area contributed by atoms with Gasteiger partial charge in [-0.25, -0.2) is 0 Å². The fourth-order valence-corrected chi connectivity index (χ4v) is 2.23. The van der Waals surface area contributed by atoms with Gasteiger partial charge in [-0.2, -0.15) is 0 Å². The lowest BCUT2D eigenvalue weighted by Crippen LogP contribution is -2.55. The fourth-order valence-electron chi connectivity index (χ4n) is 2.23. The standard InChI is InChI=1S/C11H21N3/c1-5-9(2)13-11(7-12)6-10(3)14(4)8-11/h1,9-10,13H,6-8,12H2,2-4H3. The molecule has 0 amide bonds. The highest BCUT2D eigenvalue weighted by Gasteiger charge is 2.39. The molecule has 14 heavy (non-hydrogen) atoms. The molecule has 3 unspecified atom stereocenters. The van der Waals surface area contributed by atoms with Crippen LogP contribution >= 0.6 is 0 Å². The second-order valence-electron chi connectivity index (χ2n) is 4.49. The Hall–Kier alpha value is -0.560. The maximum Gasteiger partial charge on any atom is 0.0663 e. The van der Waals surface area contributed by atoms with Gasteiger partial charge in [0.1, 0.15) is 0 Å². The van der Waals surface area contributed by atoms with E-state index in [1.54, 1.807) is 0 Å². The zero-order valence-electron chi connectivity index (χ0n) is 9.38. The molecule has 0 aromatic rings. The van der Waals surface area contributed by atoms with Crippen molar-refractivity contribution in [1.29, 1.82) is 0 Å². The number of nitrogens with two attached hydrogens (primary N) is 1. The second kappa shape index (κ2) is 4.31. The number of hydrogen-bond acceptors (Lipinski definition) is 3. The van der Waals surface area contributed by atoms with Crippen LogP contribution in [0.4, 0.5) is 0 Å². The van der Waals surface area contributed by atoms with Crippen LogP contribution in [0.15, 0.2) is 0 Å². The molecule has 0 bridgehead atoms. The Kier molecular flexibility index (Phi) is 3.54. The largest absolute Gasteiger partial charge is 0.329 e. The fraction of sp³-hybridized carbons (Fsp3) is 0.818. The van der Waals surface area contributed by atoms with Crippen LogP contribution in [-0.2, 0) is 0 Å². The van der Waals surface area contributed by atoms with Gasteiger partial charge in [0, 0.05) is 24.7 Å². The highest BCUT2D eigenvalue weighted by atomic mass is 15.2. The molecule has 0 saturated carbocycles. The summed E-state index contributed by atoms with van der Waals surface area (Å²) in [5.74, 6) is 2.70. The van der Waals surface area contributed by atoms with E-state index in [9.17, 15) is 0 Å². The molecular weight excluding hydrogens is 174 g/mol. The minimum Gasteiger partial charge on any atom is -0.329 e. The molecule has 1 rings (SSSR count). The molecule has 0 spiro atoms. The molecular formula is C11H21N3. The summed E-state index contributed by atoms with van der Waals surface area (Å²) in [6, 6.07) is 0.674. The van der Waals surface area contributed by atoms with E-state index in [4.69, 9.17) is 12.2 Å². The Morgan fingerprint density at radius 3 is 2.79 bits per heavy atom. The molecule has 0 radical (unpaired) electrons. The van der Waals surface area contributed by atoms with Crippen LogP contribution in [-0.4, -0.2) is 42.7 Å². The molecule has 0 aliphatic carbocycles. The lowest BCUT2D eigenvalue weighted by Gasteiger charge is -2.30. The summed E-state index contributed by atoms with van der Waals surface area (Å²) in [7, 11) is 2.13. The quantitative estimate of drug-likeness (QED) is 0.624. The Bertz CT molecular complexity index is 221. The van der Waals surface area contributed by atoms with E-state index < -0.39 is 0 Å². The van der Waals surface area contributed by atoms with E-state index in [2.05, 4.69) is 30.1 Å². The molecule has 1 saturated heterocycles. The molecule has 3 nitrogen and oxygen atoms in total. The van der Waals surface area contributed by atoms with Crippen LogP contribution in [0.1, 0.15) is 20.3 Å². The van der Waals surface area contributed by atoms with Crippen LogP contribution in [0.2, 0.25) is 0 Å². The number of hydrogen-bond donors (Lipinski definition) is 2. The summed E-state index contributed by atoms with van der Waals surface area (Å²) in [4.78, 5) is 2.32. The zero-order chi connectivity index (χ0) is 10.8. The summed E-state index contributed by atoms with van der Waals surface area (Å²) in [6.07, 6.45) is 6.44. The number of nitrogens with one attached hydrogen (secondary N) is 1. The number of terminal acetylenes is 1. The van der Waals surface area contributed by atoms with E-state index in [-0.39, 0.29) is 11.6 Å². The van der Waals surface area contributed by atoms with Crippen molar-refractivity contribution in [2.24, 2.45) is 5.73 Å². The van der Waals surface area contributed by atoms with Crippen molar-refractivity contribution in [1.82, 2.24) is 10.2 Å². The van der Waals surface area contributed by atoms with Gasteiger partial charge in [-0.15, -0.1) is 6.42 Å². The normalized spacial score (nSPS) is 35.5. The molecule has 1 aliphatic rings. The Balaban J connectivity index is 2.65. The lowest BCUT2D eigenvalue weighted by molar-refractivity contribution is 0.295. The first-order valence-electron chi connectivity index (χ1n) is 5.17. The van der Waals surface area contributed by atoms with Crippen molar-refractivity contribution in [3.05, 3.63) is 0 Å². The first-order valence-corrected chi connectivity index (χ1v) is 5.17. The average Bonchev–Trinajstić information content (AvgIpc) is 2.43. The van der Waals surface area contributed by atoms with Crippen LogP contribution in [0.5, 0.6) is 0 Å². The van der Waals surface area contributed by atoms with E-state index in [1.165, 1.54) is 0 Å². The van der Waals surface area contributed by atoms with Crippen LogP contribution in [0, 0.1) is 12.3 Å². The maximum absolute atomic E-state index is 5.84. The Morgan fingerprint density at radius 1 is 1.79 bits per heavy atom. The highest BCUT2D eigenvalue weighted by molar-refractivity contribution is 5.07. The molecule has 1 aliphatic heterocycles. The summed E-state index contributed by atoms with van der Waals surface area (Å²) < 4.78 is 0. The number of nitrogens with zero attached hydrogens (tertiary/aromatic N) is 1. The zero-order valence-corrected chi connectivity index (χ0v) is 9.38. The molecule has 0 aromatic carbocycles. The SMILES string of the molecule is C#CC(C)NC1(CN)CC(C)N(C)C1. The minimum absolute atomic E-state index is 0.0138. The summed E-state index contributed by atoms with van der Waals surface area (Å²) in [5.41, 5.74) is 5.85. The minimum atomic E-state index is 0.0138. The van der Waals surface area contributed by atoms with Gasteiger partial charge in [-0.05, 0) is 27.3 Å². The van der Waals surface area contributed by atoms with E-state index >= 15 is 0 Å². The van der Waals surface area contributed by atoms with Gasteiger partial charge in [0.15, 0.2) is 0 Å². The predicted molar refractivity (Wildman–Crippen MR) is 59.9 cm³/mol. The molecule has 0 aromatic heterocycles. The third-order valence-corrected chi connectivity index (χ3v) is 3.15. The van der Waals surface area contributed by atoms with E-state index in [0.29, 0.717) is 12.6 Å².